The summed E-state index contributed by atoms with van der Waals surface area (Å²) in [6, 6.07) is 3.11. The first-order chi connectivity index (χ1) is 6.80. The monoisotopic (exact) mass is 213 g/mol. The van der Waals surface area contributed by atoms with Crippen molar-refractivity contribution in [3.8, 4) is 0 Å². The van der Waals surface area contributed by atoms with E-state index in [1.807, 2.05) is 0 Å². The lowest BCUT2D eigenvalue weighted by Gasteiger charge is -2.18. The summed E-state index contributed by atoms with van der Waals surface area (Å²) in [6.45, 7) is 5.12. The van der Waals surface area contributed by atoms with Crippen LogP contribution in [0.25, 0.3) is 0 Å². The quantitative estimate of drug-likeness (QED) is 0.305. The first-order valence-electron chi connectivity index (χ1n) is 4.57. The number of halogens is 2. The highest BCUT2D eigenvalue weighted by atomic mass is 19.1. The average Bonchev–Trinajstić information content (AvgIpc) is 2.08. The second kappa shape index (κ2) is 3.96. The van der Waals surface area contributed by atoms with E-state index in [9.17, 15) is 14.0 Å². The van der Waals surface area contributed by atoms with Crippen molar-refractivity contribution in [3.63, 3.8) is 0 Å². The molecule has 1 aromatic rings. The number of nitrogens with zero attached hydrogens (tertiary/aromatic N) is 1. The predicted octanol–water partition coefficient (Wildman–Crippen LogP) is 2.69. The maximum Gasteiger partial charge on any atom is 0.185 e. The van der Waals surface area contributed by atoms with Gasteiger partial charge in [0.25, 0.3) is 0 Å². The lowest BCUT2D eigenvalue weighted by Crippen LogP contribution is -2.29. The molecule has 0 amide bonds. The second-order valence-corrected chi connectivity index (χ2v) is 4.29. The fourth-order valence-corrected chi connectivity index (χ4v) is 0.926. The molecule has 1 aromatic carbocycles. The van der Waals surface area contributed by atoms with E-state index >= 15 is 0 Å². The highest BCUT2D eigenvalue weighted by Gasteiger charge is 2.18. The maximum absolute atomic E-state index is 13.2. The van der Waals surface area contributed by atoms with Crippen molar-refractivity contribution in [2.75, 3.05) is 0 Å². The van der Waals surface area contributed by atoms with Gasteiger partial charge < -0.3 is 5.21 Å². The third-order valence-corrected chi connectivity index (χ3v) is 1.88. The molecule has 0 bridgehead atoms. The van der Waals surface area contributed by atoms with Crippen LogP contribution in [0.2, 0.25) is 0 Å². The molecule has 0 aliphatic carbocycles. The zero-order valence-corrected chi connectivity index (χ0v) is 8.92. The van der Waals surface area contributed by atoms with Crippen molar-refractivity contribution >= 4 is 6.21 Å². The van der Waals surface area contributed by atoms with Gasteiger partial charge in [-0.25, -0.2) is 13.5 Å². The minimum atomic E-state index is -0.736. The van der Waals surface area contributed by atoms with E-state index < -0.39 is 17.2 Å². The summed E-state index contributed by atoms with van der Waals surface area (Å²) in [7, 11) is 0. The molecule has 0 atom stereocenters. The Kier molecular flexibility index (Phi) is 3.07. The summed E-state index contributed by atoms with van der Waals surface area (Å²) >= 11 is 0. The van der Waals surface area contributed by atoms with Gasteiger partial charge in [-0.3, -0.25) is 0 Å². The van der Waals surface area contributed by atoms with Crippen LogP contribution in [0.4, 0.5) is 8.78 Å². The number of rotatable bonds is 1. The van der Waals surface area contributed by atoms with Gasteiger partial charge in [0.15, 0.2) is 11.8 Å². The molecule has 0 aliphatic heterocycles. The van der Waals surface area contributed by atoms with Gasteiger partial charge in [0.05, 0.1) is 5.56 Å². The van der Waals surface area contributed by atoms with E-state index in [2.05, 4.69) is 0 Å². The lowest BCUT2D eigenvalue weighted by molar-refractivity contribution is -0.530. The van der Waals surface area contributed by atoms with Gasteiger partial charge in [0.2, 0.25) is 0 Å². The van der Waals surface area contributed by atoms with Crippen LogP contribution in [0.15, 0.2) is 18.2 Å². The van der Waals surface area contributed by atoms with E-state index in [0.717, 1.165) is 18.3 Å². The Bertz CT molecular complexity index is 394. The first-order valence-corrected chi connectivity index (χ1v) is 4.57. The van der Waals surface area contributed by atoms with E-state index in [0.29, 0.717) is 4.74 Å². The van der Waals surface area contributed by atoms with Gasteiger partial charge in [0.1, 0.15) is 11.6 Å². The Balaban J connectivity index is 3.09. The van der Waals surface area contributed by atoms with Gasteiger partial charge in [-0.05, 0) is 12.1 Å². The van der Waals surface area contributed by atoms with Crippen LogP contribution in [0, 0.1) is 16.8 Å². The molecule has 0 saturated carbocycles. The Morgan fingerprint density at radius 3 is 2.33 bits per heavy atom. The minimum Gasteiger partial charge on any atom is -0.623 e. The first kappa shape index (κ1) is 11.6. The minimum absolute atomic E-state index is 0.0846. The van der Waals surface area contributed by atoms with Gasteiger partial charge in [-0.2, -0.15) is 0 Å². The molecule has 2 nitrogen and oxygen atoms in total. The van der Waals surface area contributed by atoms with Crippen LogP contribution in [-0.4, -0.2) is 16.5 Å². The van der Waals surface area contributed by atoms with Crippen molar-refractivity contribution < 1.29 is 13.5 Å². The molecule has 82 valence electrons. The highest BCUT2D eigenvalue weighted by molar-refractivity contribution is 5.76. The van der Waals surface area contributed by atoms with Gasteiger partial charge in [-0.1, -0.05) is 0 Å². The van der Waals surface area contributed by atoms with Crippen molar-refractivity contribution in [2.45, 2.75) is 26.3 Å². The summed E-state index contributed by atoms with van der Waals surface area (Å²) in [5.74, 6) is -1.39. The summed E-state index contributed by atoms with van der Waals surface area (Å²) < 4.78 is 26.4. The van der Waals surface area contributed by atoms with E-state index in [1.165, 1.54) is 6.07 Å². The third kappa shape index (κ3) is 3.01. The van der Waals surface area contributed by atoms with Crippen LogP contribution < -0.4 is 0 Å². The number of hydrogen-bond donors (Lipinski definition) is 0. The smallest absolute Gasteiger partial charge is 0.185 e. The molecular formula is C11H13F2NO. The van der Waals surface area contributed by atoms with Gasteiger partial charge >= 0.3 is 0 Å². The van der Waals surface area contributed by atoms with Crippen LogP contribution in [0.1, 0.15) is 26.3 Å². The van der Waals surface area contributed by atoms with Crippen molar-refractivity contribution in [1.82, 2.24) is 0 Å². The number of hydrogen-bond acceptors (Lipinski definition) is 1. The van der Waals surface area contributed by atoms with Crippen LogP contribution >= 0.6 is 0 Å². The van der Waals surface area contributed by atoms with Crippen LogP contribution in [-0.2, 0) is 0 Å². The van der Waals surface area contributed by atoms with E-state index in [-0.39, 0.29) is 5.56 Å². The van der Waals surface area contributed by atoms with Crippen molar-refractivity contribution in [3.05, 3.63) is 40.6 Å². The Hall–Kier alpha value is -1.45. The fraction of sp³-hybridized carbons (Fsp3) is 0.364. The predicted molar refractivity (Wildman–Crippen MR) is 54.9 cm³/mol. The zero-order chi connectivity index (χ0) is 11.6. The van der Waals surface area contributed by atoms with Gasteiger partial charge in [-0.15, -0.1) is 0 Å². The zero-order valence-electron chi connectivity index (χ0n) is 8.92. The van der Waals surface area contributed by atoms with Gasteiger partial charge in [0, 0.05) is 26.8 Å². The Labute approximate surface area is 87.4 Å². The van der Waals surface area contributed by atoms with Crippen molar-refractivity contribution in [2.24, 2.45) is 0 Å². The summed E-state index contributed by atoms with van der Waals surface area (Å²) in [4.78, 5) is 0. The molecule has 0 heterocycles. The normalized spacial score (nSPS) is 13.0. The third-order valence-electron chi connectivity index (χ3n) is 1.88. The molecule has 15 heavy (non-hydrogen) atoms. The van der Waals surface area contributed by atoms with Crippen LogP contribution in [0.5, 0.6) is 0 Å². The summed E-state index contributed by atoms with van der Waals surface area (Å²) in [5.41, 5.74) is -0.554. The molecule has 0 aliphatic rings. The topological polar surface area (TPSA) is 26.1 Å². The van der Waals surface area contributed by atoms with Crippen molar-refractivity contribution in [1.29, 1.82) is 0 Å². The Morgan fingerprint density at radius 2 is 1.87 bits per heavy atom. The second-order valence-electron chi connectivity index (χ2n) is 4.29. The van der Waals surface area contributed by atoms with E-state index in [1.54, 1.807) is 20.8 Å². The molecular weight excluding hydrogens is 200 g/mol. The highest BCUT2D eigenvalue weighted by Crippen LogP contribution is 2.10. The fourth-order valence-electron chi connectivity index (χ4n) is 0.926. The number of hydroxylamine groups is 1. The standard InChI is InChI=1S/C11H13F2NO/c1-11(2,3)14(15)7-8-4-5-9(12)6-10(8)13/h4-7H,1-3H3. The molecule has 0 radical (unpaired) electrons. The van der Waals surface area contributed by atoms with E-state index in [4.69, 9.17) is 0 Å². The number of benzene rings is 1. The molecule has 4 heteroatoms. The molecule has 1 rings (SSSR count). The maximum atomic E-state index is 13.2. The van der Waals surface area contributed by atoms with Crippen LogP contribution in [0.3, 0.4) is 0 Å². The molecule has 0 N–H and O–H groups in total. The largest absolute Gasteiger partial charge is 0.623 e. The average molecular weight is 213 g/mol. The molecule has 0 fully saturated rings. The molecule has 0 spiro atoms. The lowest BCUT2D eigenvalue weighted by atomic mass is 10.1. The summed E-state index contributed by atoms with van der Waals surface area (Å²) in [5, 5.41) is 11.5. The molecule has 0 aromatic heterocycles. The molecule has 0 unspecified atom stereocenters. The molecule has 0 saturated heterocycles. The Morgan fingerprint density at radius 1 is 1.27 bits per heavy atom. The summed E-state index contributed by atoms with van der Waals surface area (Å²) in [6.07, 6.45) is 1.12. The SMILES string of the molecule is CC(C)(C)[N+]([O-])=Cc1ccc(F)cc1F.